The molecule has 0 aliphatic heterocycles. The van der Waals surface area contributed by atoms with E-state index in [-0.39, 0.29) is 0 Å². The van der Waals surface area contributed by atoms with Gasteiger partial charge >= 0.3 is 0 Å². The molecule has 12 heavy (non-hydrogen) atoms. The third-order valence-electron chi connectivity index (χ3n) is 3.17. The van der Waals surface area contributed by atoms with Crippen LogP contribution in [0.5, 0.6) is 0 Å². The van der Waals surface area contributed by atoms with Crippen LogP contribution in [0.4, 0.5) is 0 Å². The van der Waals surface area contributed by atoms with Gasteiger partial charge < -0.3 is 5.73 Å². The Bertz CT molecular complexity index is 209. The molecule has 0 bridgehead atoms. The lowest BCUT2D eigenvalue weighted by Gasteiger charge is -2.20. The summed E-state index contributed by atoms with van der Waals surface area (Å²) >= 11 is 0. The zero-order chi connectivity index (χ0) is 8.39. The standard InChI is InChI=1S/C11H17N/c12-11-7-5-10(6-8-11)9-3-1-2-4-9/h5,7-10H,1-4,6,12H2. The molecule has 1 nitrogen and oxygen atoms in total. The minimum Gasteiger partial charge on any atom is -0.399 e. The average Bonchev–Trinajstić information content (AvgIpc) is 2.58. The highest BCUT2D eigenvalue weighted by Crippen LogP contribution is 2.35. The monoisotopic (exact) mass is 163 g/mol. The smallest absolute Gasteiger partial charge is 0.0270 e. The Morgan fingerprint density at radius 1 is 1.25 bits per heavy atom. The SMILES string of the molecule is NC1=CCC(C2CCCC2)C=C1. The molecule has 1 unspecified atom stereocenters. The zero-order valence-corrected chi connectivity index (χ0v) is 7.50. The van der Waals surface area contributed by atoms with Crippen molar-refractivity contribution in [1.29, 1.82) is 0 Å². The van der Waals surface area contributed by atoms with E-state index in [2.05, 4.69) is 18.2 Å². The maximum absolute atomic E-state index is 5.67. The summed E-state index contributed by atoms with van der Waals surface area (Å²) in [7, 11) is 0. The van der Waals surface area contributed by atoms with E-state index in [4.69, 9.17) is 5.73 Å². The van der Waals surface area contributed by atoms with E-state index in [0.29, 0.717) is 0 Å². The first-order valence-corrected chi connectivity index (χ1v) is 5.00. The number of nitrogens with two attached hydrogens (primary N) is 1. The lowest BCUT2D eigenvalue weighted by Crippen LogP contribution is -2.12. The summed E-state index contributed by atoms with van der Waals surface area (Å²) in [5.74, 6) is 1.74. The van der Waals surface area contributed by atoms with E-state index in [1.165, 1.54) is 32.1 Å². The second-order valence-electron chi connectivity index (χ2n) is 4.01. The van der Waals surface area contributed by atoms with Crippen LogP contribution in [-0.4, -0.2) is 0 Å². The predicted octanol–water partition coefficient (Wildman–Crippen LogP) is 2.60. The minimum absolute atomic E-state index is 0.791. The maximum atomic E-state index is 5.67. The number of hydrogen-bond donors (Lipinski definition) is 1. The summed E-state index contributed by atoms with van der Waals surface area (Å²) in [5, 5.41) is 0. The molecule has 2 rings (SSSR count). The van der Waals surface area contributed by atoms with Crippen LogP contribution >= 0.6 is 0 Å². The Balaban J connectivity index is 1.94. The molecule has 1 heteroatoms. The van der Waals surface area contributed by atoms with Crippen molar-refractivity contribution in [2.75, 3.05) is 0 Å². The van der Waals surface area contributed by atoms with Crippen LogP contribution in [0.1, 0.15) is 32.1 Å². The van der Waals surface area contributed by atoms with Gasteiger partial charge in [-0.1, -0.05) is 25.0 Å². The molecule has 1 saturated carbocycles. The van der Waals surface area contributed by atoms with Gasteiger partial charge in [0.1, 0.15) is 0 Å². The van der Waals surface area contributed by atoms with E-state index in [1.807, 2.05) is 0 Å². The highest BCUT2D eigenvalue weighted by molar-refractivity contribution is 5.20. The third kappa shape index (κ3) is 1.55. The predicted molar refractivity (Wildman–Crippen MR) is 51.5 cm³/mol. The zero-order valence-electron chi connectivity index (χ0n) is 7.50. The second-order valence-corrected chi connectivity index (χ2v) is 4.01. The molecular weight excluding hydrogens is 146 g/mol. The molecule has 0 heterocycles. The number of hydrogen-bond acceptors (Lipinski definition) is 1. The minimum atomic E-state index is 0.791. The molecule has 0 aromatic carbocycles. The van der Waals surface area contributed by atoms with Gasteiger partial charge in [0, 0.05) is 5.70 Å². The van der Waals surface area contributed by atoms with Gasteiger partial charge in [0.15, 0.2) is 0 Å². The first kappa shape index (κ1) is 7.90. The highest BCUT2D eigenvalue weighted by atomic mass is 14.6. The molecule has 0 aromatic rings. The maximum Gasteiger partial charge on any atom is 0.0270 e. The largest absolute Gasteiger partial charge is 0.399 e. The Hall–Kier alpha value is -0.720. The van der Waals surface area contributed by atoms with Crippen LogP contribution in [0, 0.1) is 11.8 Å². The van der Waals surface area contributed by atoms with E-state index < -0.39 is 0 Å². The molecule has 2 aliphatic rings. The topological polar surface area (TPSA) is 26.0 Å². The molecule has 1 atom stereocenters. The van der Waals surface area contributed by atoms with Crippen molar-refractivity contribution in [3.8, 4) is 0 Å². The van der Waals surface area contributed by atoms with Crippen LogP contribution in [0.25, 0.3) is 0 Å². The van der Waals surface area contributed by atoms with Crippen LogP contribution in [0.2, 0.25) is 0 Å². The van der Waals surface area contributed by atoms with Gasteiger partial charge in [0.25, 0.3) is 0 Å². The van der Waals surface area contributed by atoms with Crippen LogP contribution < -0.4 is 5.73 Å². The highest BCUT2D eigenvalue weighted by Gasteiger charge is 2.23. The molecule has 2 N–H and O–H groups in total. The van der Waals surface area contributed by atoms with Gasteiger partial charge in [-0.15, -0.1) is 0 Å². The fraction of sp³-hybridized carbons (Fsp3) is 0.636. The van der Waals surface area contributed by atoms with E-state index in [9.17, 15) is 0 Å². The Morgan fingerprint density at radius 3 is 2.58 bits per heavy atom. The molecule has 0 radical (unpaired) electrons. The van der Waals surface area contributed by atoms with Crippen molar-refractivity contribution in [3.05, 3.63) is 23.9 Å². The average molecular weight is 163 g/mol. The van der Waals surface area contributed by atoms with Gasteiger partial charge in [0.2, 0.25) is 0 Å². The first-order chi connectivity index (χ1) is 5.86. The van der Waals surface area contributed by atoms with Gasteiger partial charge in [-0.25, -0.2) is 0 Å². The van der Waals surface area contributed by atoms with Crippen molar-refractivity contribution in [3.63, 3.8) is 0 Å². The quantitative estimate of drug-likeness (QED) is 0.631. The van der Waals surface area contributed by atoms with E-state index in [0.717, 1.165) is 17.5 Å². The molecule has 0 aromatic heterocycles. The molecule has 0 amide bonds. The van der Waals surface area contributed by atoms with Crippen LogP contribution in [-0.2, 0) is 0 Å². The lowest BCUT2D eigenvalue weighted by molar-refractivity contribution is 0.405. The molecular formula is C11H17N. The van der Waals surface area contributed by atoms with E-state index in [1.54, 1.807) is 0 Å². The van der Waals surface area contributed by atoms with Crippen molar-refractivity contribution < 1.29 is 0 Å². The summed E-state index contributed by atoms with van der Waals surface area (Å²) in [6, 6.07) is 0. The van der Waals surface area contributed by atoms with Crippen molar-refractivity contribution >= 4 is 0 Å². The molecule has 66 valence electrons. The lowest BCUT2D eigenvalue weighted by atomic mass is 9.85. The summed E-state index contributed by atoms with van der Waals surface area (Å²) in [6.07, 6.45) is 13.5. The summed E-state index contributed by atoms with van der Waals surface area (Å²) in [6.45, 7) is 0. The Kier molecular flexibility index (Phi) is 2.20. The molecule has 2 aliphatic carbocycles. The van der Waals surface area contributed by atoms with Gasteiger partial charge in [0.05, 0.1) is 0 Å². The van der Waals surface area contributed by atoms with Crippen LogP contribution in [0.15, 0.2) is 23.9 Å². The van der Waals surface area contributed by atoms with Crippen molar-refractivity contribution in [1.82, 2.24) is 0 Å². The summed E-state index contributed by atoms with van der Waals surface area (Å²) < 4.78 is 0. The van der Waals surface area contributed by atoms with Gasteiger partial charge in [-0.2, -0.15) is 0 Å². The van der Waals surface area contributed by atoms with Crippen molar-refractivity contribution in [2.45, 2.75) is 32.1 Å². The summed E-state index contributed by atoms with van der Waals surface area (Å²) in [5.41, 5.74) is 6.62. The first-order valence-electron chi connectivity index (χ1n) is 5.00. The Morgan fingerprint density at radius 2 is 2.00 bits per heavy atom. The second kappa shape index (κ2) is 3.34. The number of rotatable bonds is 1. The fourth-order valence-corrected chi connectivity index (χ4v) is 2.39. The Labute approximate surface area is 74.3 Å². The van der Waals surface area contributed by atoms with Crippen molar-refractivity contribution in [2.24, 2.45) is 17.6 Å². The molecule has 0 saturated heterocycles. The normalized spacial score (nSPS) is 30.7. The molecule has 1 fully saturated rings. The molecule has 0 spiro atoms. The van der Waals surface area contributed by atoms with E-state index >= 15 is 0 Å². The number of allylic oxidation sites excluding steroid dienone is 3. The van der Waals surface area contributed by atoms with Gasteiger partial charge in [-0.05, 0) is 37.2 Å². The van der Waals surface area contributed by atoms with Gasteiger partial charge in [-0.3, -0.25) is 0 Å². The van der Waals surface area contributed by atoms with Crippen LogP contribution in [0.3, 0.4) is 0 Å². The third-order valence-corrected chi connectivity index (χ3v) is 3.17. The summed E-state index contributed by atoms with van der Waals surface area (Å²) in [4.78, 5) is 0. The fourth-order valence-electron chi connectivity index (χ4n) is 2.39.